The lowest BCUT2D eigenvalue weighted by Crippen LogP contribution is -2.39. The van der Waals surface area contributed by atoms with Crippen LogP contribution in [0.4, 0.5) is 8.78 Å². The van der Waals surface area contributed by atoms with Gasteiger partial charge in [-0.1, -0.05) is 94.2 Å². The van der Waals surface area contributed by atoms with E-state index in [2.05, 4.69) is 19.6 Å². The average molecular weight is 1240 g/mol. The first-order valence-corrected chi connectivity index (χ1v) is 33.0. The van der Waals surface area contributed by atoms with Crippen molar-refractivity contribution in [3.63, 3.8) is 0 Å². The number of fused-ring (bicyclic) bond motifs is 4. The molecule has 4 heterocycles. The second kappa shape index (κ2) is 30.3. The van der Waals surface area contributed by atoms with Crippen molar-refractivity contribution in [3.8, 4) is 23.0 Å². The Kier molecular flexibility index (Phi) is 23.5. The van der Waals surface area contributed by atoms with Crippen LogP contribution in [0.2, 0.25) is 25.7 Å². The molecule has 1 N–H and O–H groups in total. The highest BCUT2D eigenvalue weighted by Crippen LogP contribution is 2.40. The van der Waals surface area contributed by atoms with E-state index in [9.17, 15) is 24.3 Å². The van der Waals surface area contributed by atoms with Crippen molar-refractivity contribution in [2.24, 2.45) is 11.8 Å². The Labute approximate surface area is 514 Å². The van der Waals surface area contributed by atoms with Gasteiger partial charge in [-0.3, -0.25) is 0 Å². The molecule has 21 heteroatoms. The topological polar surface area (TPSA) is 208 Å². The van der Waals surface area contributed by atoms with Gasteiger partial charge in [0, 0.05) is 46.3 Å². The van der Waals surface area contributed by atoms with Gasteiger partial charge >= 0.3 is 23.9 Å². The molecule has 0 aliphatic carbocycles. The summed E-state index contributed by atoms with van der Waals surface area (Å²) in [5.41, 5.74) is 1.63. The van der Waals surface area contributed by atoms with Crippen molar-refractivity contribution in [2.75, 3.05) is 34.4 Å². The monoisotopic (exact) mass is 1240 g/mol. The number of halogens is 2. The van der Waals surface area contributed by atoms with Gasteiger partial charge in [0.15, 0.2) is 37.4 Å². The van der Waals surface area contributed by atoms with Crippen LogP contribution >= 0.6 is 0 Å². The fraction of sp³-hybridized carbons (Fsp3) is 0.463. The first-order valence-electron chi connectivity index (χ1n) is 29.3. The number of esters is 4. The largest absolute Gasteiger partial charge is 0.508 e. The highest BCUT2D eigenvalue weighted by atomic mass is 28.3. The summed E-state index contributed by atoms with van der Waals surface area (Å²) in [5.74, 6) is -6.99. The summed E-state index contributed by atoms with van der Waals surface area (Å²) in [6, 6.07) is 23.7. The molecule has 4 aromatic carbocycles. The maximum Gasteiger partial charge on any atom is 0.342 e. The van der Waals surface area contributed by atoms with Crippen LogP contribution in [0.1, 0.15) is 121 Å². The number of carbonyl (C=O) groups excluding carboxylic acids is 4. The number of benzene rings is 4. The van der Waals surface area contributed by atoms with Gasteiger partial charge in [-0.15, -0.1) is 0 Å². The molecule has 10 atom stereocenters. The van der Waals surface area contributed by atoms with Gasteiger partial charge in [-0.25, -0.2) is 28.0 Å². The Balaban J connectivity index is 0.000000253. The molecule has 4 aromatic rings. The Bertz CT molecular complexity index is 3170. The smallest absolute Gasteiger partial charge is 0.342 e. The van der Waals surface area contributed by atoms with Crippen LogP contribution in [-0.2, 0) is 47.4 Å². The Morgan fingerprint density at radius 3 is 1.44 bits per heavy atom. The summed E-state index contributed by atoms with van der Waals surface area (Å²) in [6.45, 7) is 20.6. The summed E-state index contributed by atoms with van der Waals surface area (Å²) in [7, 11) is 1.55. The third-order valence-corrected chi connectivity index (χ3v) is 16.4. The molecule has 4 aliphatic rings. The van der Waals surface area contributed by atoms with Gasteiger partial charge in [0.1, 0.15) is 70.2 Å². The molecule has 8 rings (SSSR count). The third kappa shape index (κ3) is 18.7. The zero-order chi connectivity index (χ0) is 64.1. The first kappa shape index (κ1) is 68.3. The fourth-order valence-electron chi connectivity index (χ4n) is 9.93. The Morgan fingerprint density at radius 1 is 0.602 bits per heavy atom. The highest BCUT2D eigenvalue weighted by Gasteiger charge is 2.50. The predicted molar refractivity (Wildman–Crippen MR) is 326 cm³/mol. The number of methoxy groups -OCH3 is 2. The van der Waals surface area contributed by atoms with Gasteiger partial charge in [0.25, 0.3) is 0 Å². The highest BCUT2D eigenvalue weighted by molar-refractivity contribution is 6.76. The zero-order valence-corrected chi connectivity index (χ0v) is 53.2. The molecule has 2 fully saturated rings. The van der Waals surface area contributed by atoms with Gasteiger partial charge in [-0.05, 0) is 120 Å². The second-order valence-corrected chi connectivity index (χ2v) is 29.7. The molecule has 0 saturated carbocycles. The van der Waals surface area contributed by atoms with Crippen molar-refractivity contribution in [3.05, 3.63) is 154 Å². The van der Waals surface area contributed by atoms with Gasteiger partial charge < -0.3 is 66.7 Å². The van der Waals surface area contributed by atoms with Gasteiger partial charge in [0.05, 0.1) is 29.9 Å². The standard InChI is InChI=1S/C36H47FO9Si.C31H35FO9/c1-23-19-28(37)32(44-34(38)25-13-10-9-11-14-25)33-29(45-36(3,4)46-33)16-12-15-26-20-27(41-17-18-47(6,7)8)21-30(42-22-40-5)31(26)35(39)43-24(23)2;1-18-14-23(32)27(39-29(34)20-10-7-6-8-11-20)28-24(40-31(3,4)41-28)13-9-12-21-15-22(33)16-25(37-17-36-5)26(21)30(35)38-19(18)2/h9-15,19-21,23-24,29,32-33H,16-18,22H2,1-8H3;6-12,14-16,18-19,24,27-28,33H,13,17H2,1-5H3/b15-12+,28-19+;12-9+,23-14+/t23-,24+,29?,32?,33?;18-,19+,24?,27?,28?/m11/s1. The van der Waals surface area contributed by atoms with E-state index in [0.29, 0.717) is 23.5 Å². The molecule has 18 nitrogen and oxygen atoms in total. The van der Waals surface area contributed by atoms with E-state index in [1.54, 1.807) is 152 Å². The third-order valence-electron chi connectivity index (χ3n) is 14.7. The van der Waals surface area contributed by atoms with Crippen LogP contribution in [0.25, 0.3) is 12.2 Å². The van der Waals surface area contributed by atoms with Crippen molar-refractivity contribution >= 4 is 44.1 Å². The van der Waals surface area contributed by atoms with Crippen LogP contribution in [0.15, 0.2) is 121 Å². The molecule has 6 unspecified atom stereocenters. The Morgan fingerprint density at radius 2 is 1.02 bits per heavy atom. The van der Waals surface area contributed by atoms with E-state index in [1.807, 2.05) is 0 Å². The minimum Gasteiger partial charge on any atom is -0.508 e. The number of ether oxygens (including phenoxy) is 13. The van der Waals surface area contributed by atoms with Crippen molar-refractivity contribution < 1.29 is 94.6 Å². The van der Waals surface area contributed by atoms with Crippen molar-refractivity contribution in [2.45, 2.75) is 154 Å². The minimum absolute atomic E-state index is 0.0671. The number of carbonyl (C=O) groups is 4. The summed E-state index contributed by atoms with van der Waals surface area (Å²) in [5, 5.41) is 10.3. The molecular formula is C67H82F2O18Si. The van der Waals surface area contributed by atoms with Crippen LogP contribution < -0.4 is 14.2 Å². The minimum atomic E-state index is -1.43. The lowest BCUT2D eigenvalue weighted by atomic mass is 9.98. The van der Waals surface area contributed by atoms with E-state index < -0.39 is 116 Å². The van der Waals surface area contributed by atoms with E-state index in [1.165, 1.54) is 38.5 Å². The fourth-order valence-corrected chi connectivity index (χ4v) is 10.6. The number of phenols is 1. The van der Waals surface area contributed by atoms with Crippen molar-refractivity contribution in [1.82, 2.24) is 0 Å². The number of aromatic hydroxyl groups is 1. The second-order valence-electron chi connectivity index (χ2n) is 24.0. The van der Waals surface area contributed by atoms with Crippen LogP contribution in [0.3, 0.4) is 0 Å². The summed E-state index contributed by atoms with van der Waals surface area (Å²) in [4.78, 5) is 53.3. The zero-order valence-electron chi connectivity index (χ0n) is 52.2. The molecule has 4 aliphatic heterocycles. The average Bonchev–Trinajstić information content (AvgIpc) is 3.34. The number of cyclic esters (lactones) is 2. The summed E-state index contributed by atoms with van der Waals surface area (Å²) >= 11 is 0. The van der Waals surface area contributed by atoms with Gasteiger partial charge in [0.2, 0.25) is 0 Å². The lowest BCUT2D eigenvalue weighted by molar-refractivity contribution is -0.154. The van der Waals surface area contributed by atoms with Crippen LogP contribution in [-0.4, -0.2) is 132 Å². The van der Waals surface area contributed by atoms with E-state index in [4.69, 9.17) is 61.6 Å². The molecule has 2 saturated heterocycles. The normalized spacial score (nSPS) is 27.3. The van der Waals surface area contributed by atoms with E-state index in [-0.39, 0.29) is 65.9 Å². The van der Waals surface area contributed by atoms with E-state index in [0.717, 1.165) is 6.04 Å². The van der Waals surface area contributed by atoms with Gasteiger partial charge in [-0.2, -0.15) is 0 Å². The number of phenolic OH excluding ortho intramolecular Hbond substituents is 1. The van der Waals surface area contributed by atoms with Crippen molar-refractivity contribution in [1.29, 1.82) is 0 Å². The predicted octanol–water partition coefficient (Wildman–Crippen LogP) is 13.2. The molecule has 0 spiro atoms. The number of rotatable bonds is 14. The molecular weight excluding hydrogens is 1160 g/mol. The number of hydrogen-bond donors (Lipinski definition) is 1. The van der Waals surface area contributed by atoms with Crippen LogP contribution in [0, 0.1) is 11.8 Å². The molecule has 476 valence electrons. The quantitative estimate of drug-likeness (QED) is 0.0539. The molecule has 0 aromatic heterocycles. The Hall–Kier alpha value is -7.24. The summed E-state index contributed by atoms with van der Waals surface area (Å²) < 4.78 is 108. The maximum absolute atomic E-state index is 16.2. The summed E-state index contributed by atoms with van der Waals surface area (Å²) in [6.07, 6.45) is 2.08. The molecule has 0 bridgehead atoms. The lowest BCUT2D eigenvalue weighted by Gasteiger charge is -2.27. The molecule has 0 amide bonds. The molecule has 0 radical (unpaired) electrons. The maximum atomic E-state index is 16.2. The first-order chi connectivity index (χ1) is 41.7. The number of hydrogen-bond acceptors (Lipinski definition) is 18. The SMILES string of the molecule is COCOc1cc(O)cc2c1C(=O)O[C@@H](C)[C@H](C)/C=C(/F)C(OC(=O)c1ccccc1)C1OC(C)(C)OC1C/C=C/2.COCOc1cc(OCC[Si](C)(C)C)cc2c1C(=O)O[C@@H](C)[C@H](C)/C=C(/F)C(OC(=O)c1ccccc1)C1OC(C)(C)OC1C/C=C/2. The molecule has 88 heavy (non-hydrogen) atoms. The van der Waals surface area contributed by atoms with Crippen LogP contribution in [0.5, 0.6) is 23.0 Å². The van der Waals surface area contributed by atoms with E-state index >= 15 is 8.78 Å².